The minimum absolute atomic E-state index is 0.0622. The number of aromatic nitrogens is 2. The van der Waals surface area contributed by atoms with E-state index in [-0.39, 0.29) is 11.6 Å². The van der Waals surface area contributed by atoms with Gasteiger partial charge in [0.15, 0.2) is 0 Å². The summed E-state index contributed by atoms with van der Waals surface area (Å²) in [5, 5.41) is 7.48. The number of carbonyl (C=O) groups is 1. The fraction of sp³-hybridized carbons (Fsp3) is 0.238. The summed E-state index contributed by atoms with van der Waals surface area (Å²) < 4.78 is 21.0. The molecule has 1 aromatic heterocycles. The van der Waals surface area contributed by atoms with Crippen LogP contribution in [0.5, 0.6) is 5.75 Å². The predicted molar refractivity (Wildman–Crippen MR) is 99.7 cm³/mol. The first-order valence-corrected chi connectivity index (χ1v) is 8.94. The molecule has 6 heteroatoms. The molecule has 1 atom stereocenters. The Morgan fingerprint density at radius 3 is 2.74 bits per heavy atom. The van der Waals surface area contributed by atoms with Crippen molar-refractivity contribution >= 4 is 5.91 Å². The van der Waals surface area contributed by atoms with E-state index in [1.54, 1.807) is 25.4 Å². The summed E-state index contributed by atoms with van der Waals surface area (Å²) in [6, 6.07) is 13.5. The summed E-state index contributed by atoms with van der Waals surface area (Å²) in [6.45, 7) is 0. The minimum Gasteiger partial charge on any atom is -0.497 e. The third kappa shape index (κ3) is 3.30. The summed E-state index contributed by atoms with van der Waals surface area (Å²) in [5.74, 6) is -0.127. The standard InChI is InChI=1S/C21H20FN3O2/c1-27-15-11-9-14(10-12-15)25-20-8-4-7-19(17(20)13-23-25)24-21(26)16-5-2-3-6-18(16)22/h2-3,5-6,9-13,19H,4,7-8H2,1H3,(H,24,26). The number of rotatable bonds is 4. The van der Waals surface area contributed by atoms with E-state index in [9.17, 15) is 9.18 Å². The zero-order chi connectivity index (χ0) is 18.8. The SMILES string of the molecule is COc1ccc(-n2ncc3c2CCCC3NC(=O)c2ccccc2F)cc1. The highest BCUT2D eigenvalue weighted by Gasteiger charge is 2.27. The maximum absolute atomic E-state index is 13.9. The number of benzene rings is 2. The van der Waals surface area contributed by atoms with Crippen LogP contribution in [-0.4, -0.2) is 22.8 Å². The van der Waals surface area contributed by atoms with Gasteiger partial charge in [-0.15, -0.1) is 0 Å². The number of hydrogen-bond donors (Lipinski definition) is 1. The van der Waals surface area contributed by atoms with Gasteiger partial charge in [0.2, 0.25) is 0 Å². The normalized spacial score (nSPS) is 15.9. The van der Waals surface area contributed by atoms with E-state index < -0.39 is 11.7 Å². The van der Waals surface area contributed by atoms with Gasteiger partial charge in [0, 0.05) is 11.3 Å². The molecule has 0 bridgehead atoms. The molecule has 0 saturated carbocycles. The summed E-state index contributed by atoms with van der Waals surface area (Å²) in [6.07, 6.45) is 4.41. The van der Waals surface area contributed by atoms with Crippen molar-refractivity contribution in [2.24, 2.45) is 0 Å². The van der Waals surface area contributed by atoms with E-state index in [0.717, 1.165) is 42.0 Å². The van der Waals surface area contributed by atoms with Crippen LogP contribution in [0.15, 0.2) is 54.7 Å². The van der Waals surface area contributed by atoms with E-state index in [0.29, 0.717) is 0 Å². The smallest absolute Gasteiger partial charge is 0.254 e. The lowest BCUT2D eigenvalue weighted by molar-refractivity contribution is 0.0928. The second-order valence-corrected chi connectivity index (χ2v) is 6.55. The van der Waals surface area contributed by atoms with Crippen molar-refractivity contribution in [3.8, 4) is 11.4 Å². The highest BCUT2D eigenvalue weighted by atomic mass is 19.1. The molecule has 138 valence electrons. The number of hydrogen-bond acceptors (Lipinski definition) is 3. The lowest BCUT2D eigenvalue weighted by atomic mass is 9.92. The van der Waals surface area contributed by atoms with Crippen molar-refractivity contribution in [3.63, 3.8) is 0 Å². The minimum atomic E-state index is -0.514. The Kier molecular flexibility index (Phi) is 4.62. The molecule has 27 heavy (non-hydrogen) atoms. The van der Waals surface area contributed by atoms with Crippen LogP contribution < -0.4 is 10.1 Å². The Hall–Kier alpha value is -3.15. The number of amides is 1. The monoisotopic (exact) mass is 365 g/mol. The van der Waals surface area contributed by atoms with Crippen molar-refractivity contribution in [1.29, 1.82) is 0 Å². The first-order valence-electron chi connectivity index (χ1n) is 8.94. The highest BCUT2D eigenvalue weighted by molar-refractivity contribution is 5.94. The quantitative estimate of drug-likeness (QED) is 0.765. The Morgan fingerprint density at radius 2 is 2.00 bits per heavy atom. The lowest BCUT2D eigenvalue weighted by Crippen LogP contribution is -2.31. The van der Waals surface area contributed by atoms with Crippen LogP contribution in [-0.2, 0) is 6.42 Å². The van der Waals surface area contributed by atoms with Crippen molar-refractivity contribution in [2.75, 3.05) is 7.11 Å². The second-order valence-electron chi connectivity index (χ2n) is 6.55. The molecular weight excluding hydrogens is 345 g/mol. The van der Waals surface area contributed by atoms with Crippen LogP contribution in [0.4, 0.5) is 4.39 Å². The lowest BCUT2D eigenvalue weighted by Gasteiger charge is -2.24. The molecular formula is C21H20FN3O2. The third-order valence-corrected chi connectivity index (χ3v) is 4.92. The van der Waals surface area contributed by atoms with Gasteiger partial charge in [0.1, 0.15) is 11.6 Å². The van der Waals surface area contributed by atoms with Gasteiger partial charge in [0.25, 0.3) is 5.91 Å². The highest BCUT2D eigenvalue weighted by Crippen LogP contribution is 2.31. The summed E-state index contributed by atoms with van der Waals surface area (Å²) >= 11 is 0. The van der Waals surface area contributed by atoms with Crippen LogP contribution in [0.3, 0.4) is 0 Å². The van der Waals surface area contributed by atoms with Gasteiger partial charge >= 0.3 is 0 Å². The van der Waals surface area contributed by atoms with E-state index in [1.165, 1.54) is 12.1 Å². The molecule has 0 saturated heterocycles. The molecule has 0 aliphatic heterocycles. The maximum Gasteiger partial charge on any atom is 0.254 e. The predicted octanol–water partition coefficient (Wildman–Crippen LogP) is 3.83. The molecule has 1 amide bonds. The maximum atomic E-state index is 13.9. The van der Waals surface area contributed by atoms with Gasteiger partial charge in [-0.05, 0) is 55.7 Å². The molecule has 5 nitrogen and oxygen atoms in total. The summed E-state index contributed by atoms with van der Waals surface area (Å²) in [7, 11) is 1.63. The Morgan fingerprint density at radius 1 is 1.22 bits per heavy atom. The first kappa shape index (κ1) is 17.3. The second kappa shape index (κ2) is 7.23. The molecule has 1 unspecified atom stereocenters. The zero-order valence-electron chi connectivity index (χ0n) is 15.0. The first-order chi connectivity index (χ1) is 13.2. The molecule has 0 radical (unpaired) electrons. The van der Waals surface area contributed by atoms with Gasteiger partial charge in [-0.3, -0.25) is 4.79 Å². The molecule has 1 N–H and O–H groups in total. The largest absolute Gasteiger partial charge is 0.497 e. The topological polar surface area (TPSA) is 56.1 Å². The molecule has 3 aromatic rings. The average Bonchev–Trinajstić information content (AvgIpc) is 3.13. The van der Waals surface area contributed by atoms with Gasteiger partial charge in [-0.1, -0.05) is 12.1 Å². The Balaban J connectivity index is 1.60. The molecule has 4 rings (SSSR count). The molecule has 1 aliphatic rings. The van der Waals surface area contributed by atoms with Crippen LogP contribution in [0.1, 0.15) is 40.5 Å². The summed E-state index contributed by atoms with van der Waals surface area (Å²) in [5.41, 5.74) is 3.07. The number of nitrogens with zero attached hydrogens (tertiary/aromatic N) is 2. The fourth-order valence-electron chi connectivity index (χ4n) is 3.53. The van der Waals surface area contributed by atoms with Crippen molar-refractivity contribution < 1.29 is 13.9 Å². The number of methoxy groups -OCH3 is 1. The van der Waals surface area contributed by atoms with Crippen molar-refractivity contribution in [1.82, 2.24) is 15.1 Å². The van der Waals surface area contributed by atoms with Gasteiger partial charge < -0.3 is 10.1 Å². The summed E-state index contributed by atoms with van der Waals surface area (Å²) in [4.78, 5) is 12.5. The number of carbonyl (C=O) groups excluding carboxylic acids is 1. The van der Waals surface area contributed by atoms with E-state index in [2.05, 4.69) is 10.4 Å². The van der Waals surface area contributed by atoms with Crippen LogP contribution in [0.25, 0.3) is 5.69 Å². The number of nitrogens with one attached hydrogen (secondary N) is 1. The van der Waals surface area contributed by atoms with Gasteiger partial charge in [0.05, 0.1) is 30.6 Å². The molecule has 1 heterocycles. The zero-order valence-corrected chi connectivity index (χ0v) is 15.0. The number of ether oxygens (including phenoxy) is 1. The van der Waals surface area contributed by atoms with E-state index in [4.69, 9.17) is 4.74 Å². The number of halogens is 1. The van der Waals surface area contributed by atoms with Crippen molar-refractivity contribution in [2.45, 2.75) is 25.3 Å². The average molecular weight is 365 g/mol. The molecule has 2 aromatic carbocycles. The van der Waals surface area contributed by atoms with Gasteiger partial charge in [-0.25, -0.2) is 9.07 Å². The number of fused-ring (bicyclic) bond motifs is 1. The van der Waals surface area contributed by atoms with Crippen LogP contribution in [0, 0.1) is 5.82 Å². The van der Waals surface area contributed by atoms with Crippen LogP contribution >= 0.6 is 0 Å². The van der Waals surface area contributed by atoms with E-state index in [1.807, 2.05) is 28.9 Å². The molecule has 0 fully saturated rings. The van der Waals surface area contributed by atoms with Crippen molar-refractivity contribution in [3.05, 3.63) is 77.4 Å². The van der Waals surface area contributed by atoms with E-state index >= 15 is 0 Å². The Labute approximate surface area is 156 Å². The fourth-order valence-corrected chi connectivity index (χ4v) is 3.53. The Bertz CT molecular complexity index is 966. The van der Waals surface area contributed by atoms with Gasteiger partial charge in [-0.2, -0.15) is 5.10 Å². The molecule has 1 aliphatic carbocycles. The van der Waals surface area contributed by atoms with Crippen LogP contribution in [0.2, 0.25) is 0 Å². The third-order valence-electron chi connectivity index (χ3n) is 4.92. The molecule has 0 spiro atoms.